The first-order chi connectivity index (χ1) is 13.7. The Bertz CT molecular complexity index is 965. The number of hydrogen-bond donors (Lipinski definition) is 0. The zero-order chi connectivity index (χ0) is 19.9. The third-order valence-corrected chi connectivity index (χ3v) is 4.68. The monoisotopic (exact) mass is 368 g/mol. The van der Waals surface area contributed by atoms with Gasteiger partial charge >= 0.3 is 0 Å². The molecule has 0 heterocycles. The minimum absolute atomic E-state index is 0.214. The predicted molar refractivity (Wildman–Crippen MR) is 99.0 cm³/mol. The largest absolute Gasteiger partial charge is 0.487 e. The van der Waals surface area contributed by atoms with Crippen LogP contribution in [0.2, 0.25) is 0 Å². The number of ether oxygens (including phenoxy) is 2. The lowest BCUT2D eigenvalue weighted by Gasteiger charge is -2.32. The zero-order valence-electron chi connectivity index (χ0n) is 15.1. The van der Waals surface area contributed by atoms with Crippen molar-refractivity contribution in [2.24, 2.45) is 0 Å². The maximum Gasteiger partial charge on any atom is 0.135 e. The Morgan fingerprint density at radius 3 is 1.36 bits per heavy atom. The molecule has 6 nitrogen and oxygen atoms in total. The van der Waals surface area contributed by atoms with Crippen LogP contribution in [0.15, 0.2) is 36.4 Å². The second-order valence-electron chi connectivity index (χ2n) is 6.46. The first kappa shape index (κ1) is 18.8. The van der Waals surface area contributed by atoms with Crippen LogP contribution in [0.3, 0.4) is 0 Å². The highest BCUT2D eigenvalue weighted by Crippen LogP contribution is 2.29. The van der Waals surface area contributed by atoms with Crippen molar-refractivity contribution in [1.29, 1.82) is 21.0 Å². The van der Waals surface area contributed by atoms with Crippen molar-refractivity contribution in [3.05, 3.63) is 58.7 Å². The molecule has 0 aliphatic heterocycles. The van der Waals surface area contributed by atoms with Gasteiger partial charge in [0.25, 0.3) is 0 Å². The highest BCUT2D eigenvalue weighted by atomic mass is 16.5. The van der Waals surface area contributed by atoms with Gasteiger partial charge in [0.2, 0.25) is 0 Å². The summed E-state index contributed by atoms with van der Waals surface area (Å²) in [5.74, 6) is 1.04. The van der Waals surface area contributed by atoms with E-state index < -0.39 is 0 Å². The van der Waals surface area contributed by atoms with E-state index >= 15 is 0 Å². The summed E-state index contributed by atoms with van der Waals surface area (Å²) in [7, 11) is 0. The Morgan fingerprint density at radius 1 is 0.607 bits per heavy atom. The van der Waals surface area contributed by atoms with Gasteiger partial charge in [0.05, 0.1) is 22.3 Å². The molecule has 1 fully saturated rings. The number of hydrogen-bond acceptors (Lipinski definition) is 6. The Hall–Kier alpha value is -4.00. The number of nitrogens with zero attached hydrogens (tertiary/aromatic N) is 4. The molecule has 0 spiro atoms. The van der Waals surface area contributed by atoms with Gasteiger partial charge in [-0.25, -0.2) is 0 Å². The van der Waals surface area contributed by atoms with Gasteiger partial charge in [0, 0.05) is 0 Å². The second kappa shape index (κ2) is 8.59. The summed E-state index contributed by atoms with van der Waals surface area (Å²) in [5, 5.41) is 36.5. The molecule has 0 N–H and O–H groups in total. The van der Waals surface area contributed by atoms with Gasteiger partial charge in [-0.3, -0.25) is 0 Å². The predicted octanol–water partition coefficient (Wildman–Crippen LogP) is 3.94. The first-order valence-corrected chi connectivity index (χ1v) is 8.90. The quantitative estimate of drug-likeness (QED) is 0.807. The Balaban J connectivity index is 1.78. The highest BCUT2D eigenvalue weighted by molar-refractivity contribution is 5.50. The van der Waals surface area contributed by atoms with Crippen LogP contribution >= 0.6 is 0 Å². The molecule has 6 heteroatoms. The smallest absolute Gasteiger partial charge is 0.135 e. The Kier molecular flexibility index (Phi) is 5.76. The molecule has 0 saturated heterocycles. The molecule has 1 saturated carbocycles. The fraction of sp³-hybridized carbons (Fsp3) is 0.273. The maximum absolute atomic E-state index is 9.19. The van der Waals surface area contributed by atoms with E-state index in [1.165, 1.54) is 0 Å². The highest BCUT2D eigenvalue weighted by Gasteiger charge is 2.29. The summed E-state index contributed by atoms with van der Waals surface area (Å²) in [5.41, 5.74) is 1.18. The molecule has 0 bridgehead atoms. The van der Waals surface area contributed by atoms with Gasteiger partial charge in [0.1, 0.15) is 48.0 Å². The summed E-state index contributed by atoms with van der Waals surface area (Å²) >= 11 is 0. The van der Waals surface area contributed by atoms with Gasteiger partial charge in [-0.2, -0.15) is 21.0 Å². The van der Waals surface area contributed by atoms with E-state index in [1.54, 1.807) is 36.4 Å². The standard InChI is InChI=1S/C22H16N4O2/c23-11-15-5-7-19(9-17(15)13-25)27-21-3-1-2-4-22(21)28-20-8-6-16(12-24)18(10-20)14-26/h5-10,21-22H,1-4H2. The third-order valence-electron chi connectivity index (χ3n) is 4.68. The molecule has 2 unspecified atom stereocenters. The van der Waals surface area contributed by atoms with Crippen LogP contribution < -0.4 is 9.47 Å². The number of nitriles is 4. The molecule has 0 radical (unpaired) electrons. The molecule has 28 heavy (non-hydrogen) atoms. The van der Waals surface area contributed by atoms with Crippen molar-refractivity contribution in [3.8, 4) is 35.8 Å². The minimum atomic E-state index is -0.214. The molecule has 1 aliphatic carbocycles. The number of benzene rings is 2. The number of rotatable bonds is 4. The molecule has 2 aromatic rings. The normalized spacial score (nSPS) is 18.0. The summed E-state index contributed by atoms with van der Waals surface area (Å²) in [6.07, 6.45) is 3.18. The van der Waals surface area contributed by atoms with E-state index in [2.05, 4.69) is 0 Å². The van der Waals surface area contributed by atoms with E-state index in [-0.39, 0.29) is 23.3 Å². The van der Waals surface area contributed by atoms with Crippen LogP contribution in [0.4, 0.5) is 0 Å². The van der Waals surface area contributed by atoms with Crippen molar-refractivity contribution in [2.45, 2.75) is 37.9 Å². The Labute approximate surface area is 163 Å². The van der Waals surface area contributed by atoms with Crippen LogP contribution in [0.1, 0.15) is 47.9 Å². The summed E-state index contributed by atoms with van der Waals surface area (Å²) in [6.45, 7) is 0. The van der Waals surface area contributed by atoms with E-state index in [9.17, 15) is 10.5 Å². The summed E-state index contributed by atoms with van der Waals surface area (Å²) in [4.78, 5) is 0. The lowest BCUT2D eigenvalue weighted by Crippen LogP contribution is -2.39. The van der Waals surface area contributed by atoms with Gasteiger partial charge in [-0.1, -0.05) is 0 Å². The topological polar surface area (TPSA) is 114 Å². The first-order valence-electron chi connectivity index (χ1n) is 8.90. The summed E-state index contributed by atoms with van der Waals surface area (Å²) < 4.78 is 12.2. The van der Waals surface area contributed by atoms with Crippen LogP contribution in [0.5, 0.6) is 11.5 Å². The van der Waals surface area contributed by atoms with Crippen molar-refractivity contribution >= 4 is 0 Å². The SMILES string of the molecule is N#Cc1ccc(OC2CCCCC2Oc2ccc(C#N)c(C#N)c2)cc1C#N. The zero-order valence-corrected chi connectivity index (χ0v) is 15.1. The van der Waals surface area contributed by atoms with E-state index in [0.29, 0.717) is 22.6 Å². The molecule has 1 aliphatic rings. The van der Waals surface area contributed by atoms with Gasteiger partial charge < -0.3 is 9.47 Å². The van der Waals surface area contributed by atoms with Crippen LogP contribution in [-0.4, -0.2) is 12.2 Å². The molecule has 2 atom stereocenters. The van der Waals surface area contributed by atoms with Crippen LogP contribution in [0.25, 0.3) is 0 Å². The Morgan fingerprint density at radius 2 is 1.00 bits per heavy atom. The van der Waals surface area contributed by atoms with E-state index in [0.717, 1.165) is 25.7 Å². The van der Waals surface area contributed by atoms with Crippen molar-refractivity contribution in [2.75, 3.05) is 0 Å². The lowest BCUT2D eigenvalue weighted by atomic mass is 9.94. The molecule has 136 valence electrons. The van der Waals surface area contributed by atoms with Crippen molar-refractivity contribution in [3.63, 3.8) is 0 Å². The minimum Gasteiger partial charge on any atom is -0.487 e. The average molecular weight is 368 g/mol. The molecule has 3 rings (SSSR count). The van der Waals surface area contributed by atoms with Crippen LogP contribution in [-0.2, 0) is 0 Å². The molecular weight excluding hydrogens is 352 g/mol. The average Bonchev–Trinajstić information content (AvgIpc) is 2.74. The molecule has 2 aromatic carbocycles. The van der Waals surface area contributed by atoms with E-state index in [1.807, 2.05) is 24.3 Å². The van der Waals surface area contributed by atoms with Crippen molar-refractivity contribution < 1.29 is 9.47 Å². The molecular formula is C22H16N4O2. The lowest BCUT2D eigenvalue weighted by molar-refractivity contribution is 0.0231. The second-order valence-corrected chi connectivity index (χ2v) is 6.46. The van der Waals surface area contributed by atoms with Gasteiger partial charge in [0.15, 0.2) is 0 Å². The molecule has 0 amide bonds. The third kappa shape index (κ3) is 4.04. The van der Waals surface area contributed by atoms with Crippen molar-refractivity contribution in [1.82, 2.24) is 0 Å². The molecule has 0 aromatic heterocycles. The maximum atomic E-state index is 9.19. The van der Waals surface area contributed by atoms with Gasteiger partial charge in [-0.05, 0) is 62.1 Å². The van der Waals surface area contributed by atoms with E-state index in [4.69, 9.17) is 20.0 Å². The fourth-order valence-corrected chi connectivity index (χ4v) is 3.26. The van der Waals surface area contributed by atoms with Gasteiger partial charge in [-0.15, -0.1) is 0 Å². The van der Waals surface area contributed by atoms with Crippen LogP contribution in [0, 0.1) is 45.3 Å². The summed E-state index contributed by atoms with van der Waals surface area (Å²) in [6, 6.07) is 17.6. The fourth-order valence-electron chi connectivity index (χ4n) is 3.26.